The summed E-state index contributed by atoms with van der Waals surface area (Å²) in [6.45, 7) is 6.29. The van der Waals surface area contributed by atoms with Gasteiger partial charge in [0.05, 0.1) is 19.8 Å². The summed E-state index contributed by atoms with van der Waals surface area (Å²) in [6, 6.07) is 5.91. The van der Waals surface area contributed by atoms with Gasteiger partial charge in [-0.15, -0.1) is 0 Å². The Labute approximate surface area is 209 Å². The Kier molecular flexibility index (Phi) is 20.3. The van der Waals surface area contributed by atoms with Crippen LogP contribution in [0.4, 0.5) is 0 Å². The highest BCUT2D eigenvalue weighted by atomic mass is 16.5. The number of hydrogen-bond donors (Lipinski definition) is 0. The van der Waals surface area contributed by atoms with Crippen LogP contribution in [-0.2, 0) is 6.54 Å². The molecule has 0 aliphatic rings. The summed E-state index contributed by atoms with van der Waals surface area (Å²) in [5, 5.41) is 3.71. The number of nitrogens with zero attached hydrogens (tertiary/aromatic N) is 3. The third-order valence-electron chi connectivity index (χ3n) is 6.29. The fourth-order valence-electron chi connectivity index (χ4n) is 4.21. The van der Waals surface area contributed by atoms with E-state index in [4.69, 9.17) is 15.0 Å². The maximum absolute atomic E-state index is 8.67. The van der Waals surface area contributed by atoms with Crippen molar-refractivity contribution in [2.75, 3.05) is 13.2 Å². The van der Waals surface area contributed by atoms with Crippen LogP contribution < -0.4 is 9.47 Å². The van der Waals surface area contributed by atoms with Crippen LogP contribution in [0.2, 0.25) is 0 Å². The predicted molar refractivity (Wildman–Crippen MR) is 145 cm³/mol. The molecule has 0 radical (unpaired) electrons. The van der Waals surface area contributed by atoms with E-state index in [9.17, 15) is 0 Å². The number of unbranched alkanes of at least 4 members (excludes halogenated alkanes) is 16. The van der Waals surface area contributed by atoms with Crippen LogP contribution in [0.3, 0.4) is 0 Å². The van der Waals surface area contributed by atoms with Crippen LogP contribution in [0.15, 0.2) is 23.3 Å². The summed E-state index contributed by atoms with van der Waals surface area (Å²) >= 11 is 0. The van der Waals surface area contributed by atoms with Gasteiger partial charge in [0.25, 0.3) is 0 Å². The van der Waals surface area contributed by atoms with E-state index in [-0.39, 0.29) is 0 Å². The van der Waals surface area contributed by atoms with Crippen molar-refractivity contribution in [1.29, 1.82) is 0 Å². The Balaban J connectivity index is 2.26. The Bertz CT molecular complexity index is 602. The van der Waals surface area contributed by atoms with Gasteiger partial charge < -0.3 is 9.47 Å². The van der Waals surface area contributed by atoms with Gasteiger partial charge in [-0.05, 0) is 36.1 Å². The van der Waals surface area contributed by atoms with E-state index in [1.54, 1.807) is 0 Å². The maximum atomic E-state index is 8.67. The molecule has 194 valence electrons. The lowest BCUT2D eigenvalue weighted by Gasteiger charge is -2.12. The van der Waals surface area contributed by atoms with Crippen molar-refractivity contribution >= 4 is 0 Å². The van der Waals surface area contributed by atoms with E-state index >= 15 is 0 Å². The minimum Gasteiger partial charge on any atom is -0.493 e. The van der Waals surface area contributed by atoms with Gasteiger partial charge in [0.1, 0.15) is 11.5 Å². The summed E-state index contributed by atoms with van der Waals surface area (Å²) in [5.41, 5.74) is 9.61. The molecule has 5 nitrogen and oxygen atoms in total. The fourth-order valence-corrected chi connectivity index (χ4v) is 4.21. The van der Waals surface area contributed by atoms with Gasteiger partial charge in [-0.2, -0.15) is 0 Å². The molecule has 0 N–H and O–H groups in total. The summed E-state index contributed by atoms with van der Waals surface area (Å²) in [5.74, 6) is 1.62. The smallest absolute Gasteiger partial charge is 0.123 e. The zero-order chi connectivity index (χ0) is 24.5. The number of benzene rings is 1. The lowest BCUT2D eigenvalue weighted by molar-refractivity contribution is 0.289. The van der Waals surface area contributed by atoms with Gasteiger partial charge >= 0.3 is 0 Å². The standard InChI is InChI=1S/C29H51N3O2/c1-3-5-7-9-11-13-15-17-19-21-33-28-23-27(26-31-32-30)24-29(25-28)34-22-20-18-16-14-12-10-8-6-4-2/h23-25H,3-22,26H2,1-2H3. The second-order valence-corrected chi connectivity index (χ2v) is 9.56. The van der Waals surface area contributed by atoms with Crippen molar-refractivity contribution < 1.29 is 9.47 Å². The van der Waals surface area contributed by atoms with Crippen LogP contribution in [0, 0.1) is 0 Å². The molecule has 5 heteroatoms. The van der Waals surface area contributed by atoms with Gasteiger partial charge in [-0.3, -0.25) is 0 Å². The van der Waals surface area contributed by atoms with Crippen molar-refractivity contribution in [2.24, 2.45) is 5.11 Å². The molecule has 0 spiro atoms. The van der Waals surface area contributed by atoms with E-state index < -0.39 is 0 Å². The molecular formula is C29H51N3O2. The fraction of sp³-hybridized carbons (Fsp3) is 0.793. The first-order valence-electron chi connectivity index (χ1n) is 14.2. The van der Waals surface area contributed by atoms with Gasteiger partial charge in [-0.1, -0.05) is 122 Å². The summed E-state index contributed by atoms with van der Waals surface area (Å²) in [4.78, 5) is 2.89. The predicted octanol–water partition coefficient (Wildman–Crippen LogP) is 10.3. The molecule has 0 aliphatic heterocycles. The van der Waals surface area contributed by atoms with Gasteiger partial charge in [0.15, 0.2) is 0 Å². The van der Waals surface area contributed by atoms with Crippen molar-refractivity contribution in [3.05, 3.63) is 34.2 Å². The average molecular weight is 474 g/mol. The molecule has 0 aliphatic carbocycles. The SMILES string of the molecule is CCCCCCCCCCCOc1cc(CN=[N+]=[N-])cc(OCCCCCCCCCCC)c1. The number of rotatable bonds is 24. The van der Waals surface area contributed by atoms with E-state index in [1.165, 1.54) is 103 Å². The molecule has 0 unspecified atom stereocenters. The van der Waals surface area contributed by atoms with Crippen molar-refractivity contribution in [3.8, 4) is 11.5 Å². The normalized spacial score (nSPS) is 10.8. The summed E-state index contributed by atoms with van der Waals surface area (Å²) in [6.07, 6.45) is 23.5. The van der Waals surface area contributed by atoms with Gasteiger partial charge in [-0.25, -0.2) is 0 Å². The Morgan fingerprint density at radius 1 is 0.588 bits per heavy atom. The van der Waals surface area contributed by atoms with E-state index in [2.05, 4.69) is 23.9 Å². The molecule has 0 saturated heterocycles. The minimum atomic E-state index is 0.320. The maximum Gasteiger partial charge on any atom is 0.123 e. The minimum absolute atomic E-state index is 0.320. The molecule has 0 atom stereocenters. The number of hydrogen-bond acceptors (Lipinski definition) is 3. The van der Waals surface area contributed by atoms with Crippen molar-refractivity contribution in [3.63, 3.8) is 0 Å². The second-order valence-electron chi connectivity index (χ2n) is 9.56. The second kappa shape index (κ2) is 22.9. The number of azide groups is 1. The first kappa shape index (κ1) is 30.2. The largest absolute Gasteiger partial charge is 0.493 e. The first-order chi connectivity index (χ1) is 16.8. The molecule has 1 aromatic carbocycles. The zero-order valence-corrected chi connectivity index (χ0v) is 22.2. The lowest BCUT2D eigenvalue weighted by Crippen LogP contribution is -2.01. The molecule has 0 heterocycles. The Morgan fingerprint density at radius 3 is 1.35 bits per heavy atom. The van der Waals surface area contributed by atoms with Gasteiger partial charge in [0, 0.05) is 11.0 Å². The topological polar surface area (TPSA) is 67.2 Å². The highest BCUT2D eigenvalue weighted by Gasteiger charge is 2.04. The lowest BCUT2D eigenvalue weighted by atomic mass is 10.1. The van der Waals surface area contributed by atoms with Crippen LogP contribution in [-0.4, -0.2) is 13.2 Å². The van der Waals surface area contributed by atoms with Gasteiger partial charge in [0.2, 0.25) is 0 Å². The molecule has 1 aromatic rings. The highest BCUT2D eigenvalue weighted by molar-refractivity contribution is 5.38. The van der Waals surface area contributed by atoms with E-state index in [0.717, 1.165) is 43.1 Å². The molecule has 1 rings (SSSR count). The molecule has 0 amide bonds. The molecule has 0 bridgehead atoms. The van der Waals surface area contributed by atoms with Crippen molar-refractivity contribution in [1.82, 2.24) is 0 Å². The molecule has 34 heavy (non-hydrogen) atoms. The monoisotopic (exact) mass is 473 g/mol. The molecule has 0 fully saturated rings. The Hall–Kier alpha value is -1.87. The Morgan fingerprint density at radius 2 is 0.971 bits per heavy atom. The summed E-state index contributed by atoms with van der Waals surface area (Å²) in [7, 11) is 0. The van der Waals surface area contributed by atoms with Crippen molar-refractivity contribution in [2.45, 2.75) is 136 Å². The average Bonchev–Trinajstić information content (AvgIpc) is 2.85. The molecular weight excluding hydrogens is 422 g/mol. The highest BCUT2D eigenvalue weighted by Crippen LogP contribution is 2.24. The third-order valence-corrected chi connectivity index (χ3v) is 6.29. The quantitative estimate of drug-likeness (QED) is 0.0648. The third kappa shape index (κ3) is 17.6. The van der Waals surface area contributed by atoms with E-state index in [1.807, 2.05) is 18.2 Å². The van der Waals surface area contributed by atoms with Crippen LogP contribution in [0.5, 0.6) is 11.5 Å². The van der Waals surface area contributed by atoms with Crippen LogP contribution in [0.1, 0.15) is 135 Å². The van der Waals surface area contributed by atoms with Crippen LogP contribution >= 0.6 is 0 Å². The zero-order valence-electron chi connectivity index (χ0n) is 22.2. The molecule has 0 aromatic heterocycles. The molecule has 0 saturated carbocycles. The van der Waals surface area contributed by atoms with E-state index in [0.29, 0.717) is 6.54 Å². The number of ether oxygens (including phenoxy) is 2. The van der Waals surface area contributed by atoms with Crippen LogP contribution in [0.25, 0.3) is 10.4 Å². The summed E-state index contributed by atoms with van der Waals surface area (Å²) < 4.78 is 12.0. The first-order valence-corrected chi connectivity index (χ1v) is 14.2.